The van der Waals surface area contributed by atoms with E-state index in [2.05, 4.69) is 5.32 Å². The van der Waals surface area contributed by atoms with E-state index in [4.69, 9.17) is 0 Å². The number of piperidine rings is 1. The molecule has 2 heterocycles. The van der Waals surface area contributed by atoms with E-state index in [-0.39, 0.29) is 18.4 Å². The van der Waals surface area contributed by atoms with Gasteiger partial charge < -0.3 is 15.1 Å². The van der Waals surface area contributed by atoms with Crippen LogP contribution in [0.15, 0.2) is 0 Å². The van der Waals surface area contributed by atoms with Crippen molar-refractivity contribution in [3.8, 4) is 0 Å². The smallest absolute Gasteiger partial charge is 0.319 e. The van der Waals surface area contributed by atoms with Crippen molar-refractivity contribution in [2.75, 3.05) is 40.3 Å². The molecule has 0 atom stereocenters. The zero-order valence-corrected chi connectivity index (χ0v) is 11.0. The van der Waals surface area contributed by atoms with Crippen LogP contribution in [0.25, 0.3) is 0 Å². The van der Waals surface area contributed by atoms with Gasteiger partial charge in [0.1, 0.15) is 0 Å². The highest BCUT2D eigenvalue weighted by atomic mass is 35.5. The van der Waals surface area contributed by atoms with Gasteiger partial charge in [0.15, 0.2) is 0 Å². The molecule has 0 aromatic rings. The standard InChI is InChI=1S/C11H21N3O.ClH/c1-13(2)10(15)14-7-4-11(5-8-14)3-6-12-9-11;/h12H,3-9H2,1-2H3;1H. The van der Waals surface area contributed by atoms with Crippen LogP contribution in [0, 0.1) is 5.41 Å². The second-order valence-corrected chi connectivity index (χ2v) is 5.09. The SMILES string of the molecule is CN(C)C(=O)N1CCC2(CCNC2)CC1.Cl. The lowest BCUT2D eigenvalue weighted by Gasteiger charge is -2.39. The molecule has 16 heavy (non-hydrogen) atoms. The van der Waals surface area contributed by atoms with Crippen LogP contribution < -0.4 is 5.32 Å². The molecule has 0 saturated carbocycles. The first-order valence-electron chi connectivity index (χ1n) is 5.80. The van der Waals surface area contributed by atoms with Crippen molar-refractivity contribution >= 4 is 18.4 Å². The largest absolute Gasteiger partial charge is 0.331 e. The molecule has 2 rings (SSSR count). The van der Waals surface area contributed by atoms with E-state index in [1.807, 2.05) is 19.0 Å². The third kappa shape index (κ3) is 2.61. The summed E-state index contributed by atoms with van der Waals surface area (Å²) in [7, 11) is 3.65. The zero-order valence-electron chi connectivity index (χ0n) is 10.2. The van der Waals surface area contributed by atoms with Crippen molar-refractivity contribution in [3.05, 3.63) is 0 Å². The van der Waals surface area contributed by atoms with Crippen LogP contribution in [0.1, 0.15) is 19.3 Å². The van der Waals surface area contributed by atoms with Gasteiger partial charge in [-0.2, -0.15) is 0 Å². The highest BCUT2D eigenvalue weighted by molar-refractivity contribution is 5.85. The second kappa shape index (κ2) is 5.23. The quantitative estimate of drug-likeness (QED) is 0.698. The Hall–Kier alpha value is -0.480. The maximum Gasteiger partial charge on any atom is 0.319 e. The van der Waals surface area contributed by atoms with E-state index in [1.54, 1.807) is 4.90 Å². The lowest BCUT2D eigenvalue weighted by Crippen LogP contribution is -2.47. The lowest BCUT2D eigenvalue weighted by atomic mass is 9.78. The van der Waals surface area contributed by atoms with Crippen molar-refractivity contribution in [3.63, 3.8) is 0 Å². The number of carbonyl (C=O) groups excluding carboxylic acids is 1. The third-order valence-electron chi connectivity index (χ3n) is 3.81. The predicted octanol–water partition coefficient (Wildman–Crippen LogP) is 1.17. The summed E-state index contributed by atoms with van der Waals surface area (Å²) in [4.78, 5) is 15.4. The Morgan fingerprint density at radius 3 is 2.31 bits per heavy atom. The number of rotatable bonds is 0. The van der Waals surface area contributed by atoms with Crippen LogP contribution in [0.3, 0.4) is 0 Å². The summed E-state index contributed by atoms with van der Waals surface area (Å²) >= 11 is 0. The number of nitrogens with one attached hydrogen (secondary N) is 1. The number of carbonyl (C=O) groups is 1. The van der Waals surface area contributed by atoms with Crippen molar-refractivity contribution in [2.24, 2.45) is 5.41 Å². The van der Waals surface area contributed by atoms with Crippen molar-refractivity contribution < 1.29 is 4.79 Å². The average Bonchev–Trinajstić information content (AvgIpc) is 2.67. The Morgan fingerprint density at radius 2 is 1.88 bits per heavy atom. The van der Waals surface area contributed by atoms with E-state index < -0.39 is 0 Å². The Bertz CT molecular complexity index is 242. The van der Waals surface area contributed by atoms with Crippen LogP contribution in [0.4, 0.5) is 4.79 Å². The first kappa shape index (κ1) is 13.6. The Balaban J connectivity index is 0.00000128. The van der Waals surface area contributed by atoms with Crippen LogP contribution >= 0.6 is 12.4 Å². The third-order valence-corrected chi connectivity index (χ3v) is 3.81. The van der Waals surface area contributed by atoms with Gasteiger partial charge in [-0.15, -0.1) is 12.4 Å². The lowest BCUT2D eigenvalue weighted by molar-refractivity contribution is 0.114. The molecule has 5 heteroatoms. The fourth-order valence-corrected chi connectivity index (χ4v) is 2.68. The molecule has 1 N–H and O–H groups in total. The molecule has 2 aliphatic rings. The van der Waals surface area contributed by atoms with E-state index in [1.165, 1.54) is 19.3 Å². The monoisotopic (exact) mass is 247 g/mol. The Labute approximate surface area is 104 Å². The van der Waals surface area contributed by atoms with Gasteiger partial charge in [0, 0.05) is 33.7 Å². The number of urea groups is 1. The first-order chi connectivity index (χ1) is 7.13. The molecule has 2 fully saturated rings. The maximum atomic E-state index is 11.7. The van der Waals surface area contributed by atoms with Gasteiger partial charge in [-0.25, -0.2) is 4.79 Å². The van der Waals surface area contributed by atoms with Crippen LogP contribution in [0.2, 0.25) is 0 Å². The fraction of sp³-hybridized carbons (Fsp3) is 0.909. The summed E-state index contributed by atoms with van der Waals surface area (Å²) in [5, 5.41) is 3.44. The van der Waals surface area contributed by atoms with Crippen LogP contribution in [-0.4, -0.2) is 56.1 Å². The van der Waals surface area contributed by atoms with Gasteiger partial charge in [-0.05, 0) is 31.2 Å². The molecule has 1 spiro atoms. The van der Waals surface area contributed by atoms with Crippen LogP contribution in [-0.2, 0) is 0 Å². The van der Waals surface area contributed by atoms with Gasteiger partial charge in [-0.3, -0.25) is 0 Å². The molecule has 2 aliphatic heterocycles. The summed E-state index contributed by atoms with van der Waals surface area (Å²) in [5.74, 6) is 0. The van der Waals surface area contributed by atoms with E-state index in [9.17, 15) is 4.79 Å². The molecule has 0 unspecified atom stereocenters. The molecule has 2 saturated heterocycles. The highest BCUT2D eigenvalue weighted by Crippen LogP contribution is 2.36. The normalized spacial score (nSPS) is 23.0. The number of likely N-dealkylation sites (tertiary alicyclic amines) is 1. The summed E-state index contributed by atoms with van der Waals surface area (Å²) in [5.41, 5.74) is 0.503. The van der Waals surface area contributed by atoms with Gasteiger partial charge in [0.2, 0.25) is 0 Å². The first-order valence-corrected chi connectivity index (χ1v) is 5.80. The van der Waals surface area contributed by atoms with Crippen molar-refractivity contribution in [1.29, 1.82) is 0 Å². The maximum absolute atomic E-state index is 11.7. The van der Waals surface area contributed by atoms with Crippen molar-refractivity contribution in [2.45, 2.75) is 19.3 Å². The number of halogens is 1. The summed E-state index contributed by atoms with van der Waals surface area (Å²) in [6.45, 7) is 4.16. The zero-order chi connectivity index (χ0) is 10.9. The van der Waals surface area contributed by atoms with E-state index >= 15 is 0 Å². The molecule has 0 radical (unpaired) electrons. The fourth-order valence-electron chi connectivity index (χ4n) is 2.68. The summed E-state index contributed by atoms with van der Waals surface area (Å²) in [6.07, 6.45) is 3.62. The van der Waals surface area contributed by atoms with Gasteiger partial charge >= 0.3 is 6.03 Å². The number of amides is 2. The van der Waals surface area contributed by atoms with Gasteiger partial charge in [0.05, 0.1) is 0 Å². The van der Waals surface area contributed by atoms with E-state index in [0.29, 0.717) is 5.41 Å². The second-order valence-electron chi connectivity index (χ2n) is 5.09. The van der Waals surface area contributed by atoms with Crippen molar-refractivity contribution in [1.82, 2.24) is 15.1 Å². The van der Waals surface area contributed by atoms with Gasteiger partial charge in [0.25, 0.3) is 0 Å². The Morgan fingerprint density at radius 1 is 1.25 bits per heavy atom. The molecule has 2 amide bonds. The molecule has 0 aliphatic carbocycles. The van der Waals surface area contributed by atoms with E-state index in [0.717, 1.165) is 26.2 Å². The summed E-state index contributed by atoms with van der Waals surface area (Å²) in [6, 6.07) is 0.163. The number of hydrogen-bond donors (Lipinski definition) is 1. The Kier molecular flexibility index (Phi) is 4.44. The average molecular weight is 248 g/mol. The topological polar surface area (TPSA) is 35.6 Å². The highest BCUT2D eigenvalue weighted by Gasteiger charge is 2.38. The molecule has 94 valence electrons. The molecule has 0 bridgehead atoms. The number of hydrogen-bond acceptors (Lipinski definition) is 2. The predicted molar refractivity (Wildman–Crippen MR) is 67.1 cm³/mol. The molecule has 0 aromatic carbocycles. The van der Waals surface area contributed by atoms with Gasteiger partial charge in [-0.1, -0.05) is 0 Å². The minimum atomic E-state index is 0. The molecule has 0 aromatic heterocycles. The molecule has 4 nitrogen and oxygen atoms in total. The minimum Gasteiger partial charge on any atom is -0.331 e. The summed E-state index contributed by atoms with van der Waals surface area (Å²) < 4.78 is 0. The molecular formula is C11H22ClN3O. The minimum absolute atomic E-state index is 0. The van der Waals surface area contributed by atoms with Crippen LogP contribution in [0.5, 0.6) is 0 Å². The number of nitrogens with zero attached hydrogens (tertiary/aromatic N) is 2. The molecular weight excluding hydrogens is 226 g/mol.